The van der Waals surface area contributed by atoms with E-state index in [1.165, 1.54) is 0 Å². The quantitative estimate of drug-likeness (QED) is 0.614. The van der Waals surface area contributed by atoms with E-state index in [1.54, 1.807) is 14.0 Å². The zero-order valence-corrected chi connectivity index (χ0v) is 16.9. The van der Waals surface area contributed by atoms with Gasteiger partial charge in [0.05, 0.1) is 13.7 Å². The summed E-state index contributed by atoms with van der Waals surface area (Å²) in [6.07, 6.45) is 3.02. The highest BCUT2D eigenvalue weighted by molar-refractivity contribution is 6.09. The van der Waals surface area contributed by atoms with E-state index in [2.05, 4.69) is 25.8 Å². The van der Waals surface area contributed by atoms with Crippen molar-refractivity contribution in [2.45, 2.75) is 50.7 Å². The molecule has 10 heteroatoms. The molecule has 1 aromatic carbocycles. The van der Waals surface area contributed by atoms with Crippen LogP contribution in [0.5, 0.6) is 5.75 Å². The highest BCUT2D eigenvalue weighted by Crippen LogP contribution is 2.35. The fourth-order valence-electron chi connectivity index (χ4n) is 3.99. The minimum absolute atomic E-state index is 0.0983. The van der Waals surface area contributed by atoms with Crippen molar-refractivity contribution in [3.63, 3.8) is 0 Å². The molecule has 2 aromatic rings. The van der Waals surface area contributed by atoms with E-state index >= 15 is 0 Å². The van der Waals surface area contributed by atoms with Crippen LogP contribution in [0.3, 0.4) is 0 Å². The Kier molecular flexibility index (Phi) is 5.15. The Morgan fingerprint density at radius 1 is 1.27 bits per heavy atom. The van der Waals surface area contributed by atoms with Crippen LogP contribution in [0.1, 0.15) is 38.4 Å². The molecule has 1 atom stereocenters. The summed E-state index contributed by atoms with van der Waals surface area (Å²) in [5.74, 6) is 0.943. The monoisotopic (exact) mass is 412 g/mol. The standard InChI is InChI=1S/C20H24N6O4/c1-12(26-18(28)20(23-19(26)29)9-3-4-10-20)17(27)21-11-15-22-16(25-24-15)13-5-7-14(30-2)8-6-13/h5-8,12H,3-4,9-11H2,1-2H3,(H,21,27)(H,23,29)(H,22,24,25). The van der Waals surface area contributed by atoms with E-state index in [4.69, 9.17) is 4.74 Å². The van der Waals surface area contributed by atoms with Crippen LogP contribution in [-0.2, 0) is 16.1 Å². The van der Waals surface area contributed by atoms with Crippen molar-refractivity contribution in [3.8, 4) is 17.1 Å². The van der Waals surface area contributed by atoms with Gasteiger partial charge in [-0.1, -0.05) is 12.8 Å². The fraction of sp³-hybridized carbons (Fsp3) is 0.450. The molecule has 2 heterocycles. The topological polar surface area (TPSA) is 129 Å². The Bertz CT molecular complexity index is 964. The number of ether oxygens (including phenoxy) is 1. The van der Waals surface area contributed by atoms with Gasteiger partial charge in [0.15, 0.2) is 5.82 Å². The number of rotatable bonds is 6. The number of urea groups is 1. The number of nitrogens with zero attached hydrogens (tertiary/aromatic N) is 3. The number of hydrogen-bond acceptors (Lipinski definition) is 6. The first-order valence-electron chi connectivity index (χ1n) is 9.93. The maximum atomic E-state index is 12.8. The lowest BCUT2D eigenvalue weighted by atomic mass is 9.97. The van der Waals surface area contributed by atoms with E-state index in [0.29, 0.717) is 24.5 Å². The molecule has 4 rings (SSSR count). The molecule has 4 amide bonds. The first-order chi connectivity index (χ1) is 14.4. The zero-order chi connectivity index (χ0) is 21.3. The lowest BCUT2D eigenvalue weighted by Gasteiger charge is -2.23. The summed E-state index contributed by atoms with van der Waals surface area (Å²) in [5.41, 5.74) is -0.0247. The van der Waals surface area contributed by atoms with Gasteiger partial charge < -0.3 is 15.4 Å². The number of nitrogens with one attached hydrogen (secondary N) is 3. The van der Waals surface area contributed by atoms with Gasteiger partial charge in [-0.05, 0) is 44.0 Å². The van der Waals surface area contributed by atoms with Crippen molar-refractivity contribution < 1.29 is 19.1 Å². The highest BCUT2D eigenvalue weighted by atomic mass is 16.5. The summed E-state index contributed by atoms with van der Waals surface area (Å²) in [4.78, 5) is 43.1. The van der Waals surface area contributed by atoms with Gasteiger partial charge in [0.1, 0.15) is 23.2 Å². The van der Waals surface area contributed by atoms with Crippen LogP contribution in [0.15, 0.2) is 24.3 Å². The van der Waals surface area contributed by atoms with Gasteiger partial charge in [-0.25, -0.2) is 14.7 Å². The molecule has 158 valence electrons. The van der Waals surface area contributed by atoms with Gasteiger partial charge in [-0.3, -0.25) is 14.7 Å². The van der Waals surface area contributed by atoms with Gasteiger partial charge >= 0.3 is 6.03 Å². The van der Waals surface area contributed by atoms with Gasteiger partial charge in [-0.2, -0.15) is 5.10 Å². The predicted molar refractivity (Wildman–Crippen MR) is 106 cm³/mol. The number of aromatic nitrogens is 3. The molecule has 3 N–H and O–H groups in total. The molecule has 2 fully saturated rings. The van der Waals surface area contributed by atoms with Crippen LogP contribution in [0, 0.1) is 0 Å². The molecule has 2 aliphatic rings. The lowest BCUT2D eigenvalue weighted by Crippen LogP contribution is -2.49. The lowest BCUT2D eigenvalue weighted by molar-refractivity contribution is -0.137. The van der Waals surface area contributed by atoms with Crippen LogP contribution < -0.4 is 15.4 Å². The maximum absolute atomic E-state index is 12.8. The second-order valence-corrected chi connectivity index (χ2v) is 7.62. The normalized spacial score (nSPS) is 18.5. The van der Waals surface area contributed by atoms with Gasteiger partial charge in [0.25, 0.3) is 5.91 Å². The van der Waals surface area contributed by atoms with Crippen molar-refractivity contribution >= 4 is 17.8 Å². The number of carbonyl (C=O) groups is 3. The first kappa shape index (κ1) is 19.9. The number of benzene rings is 1. The Labute approximate surface area is 173 Å². The van der Waals surface area contributed by atoms with Crippen LogP contribution in [0.2, 0.25) is 0 Å². The van der Waals surface area contributed by atoms with Crippen molar-refractivity contribution in [3.05, 3.63) is 30.1 Å². The predicted octanol–water partition coefficient (Wildman–Crippen LogP) is 1.35. The molecule has 1 saturated heterocycles. The van der Waals surface area contributed by atoms with E-state index in [9.17, 15) is 14.4 Å². The van der Waals surface area contributed by atoms with E-state index in [1.807, 2.05) is 24.3 Å². The van der Waals surface area contributed by atoms with E-state index in [-0.39, 0.29) is 12.5 Å². The zero-order valence-electron chi connectivity index (χ0n) is 16.9. The SMILES string of the molecule is COc1ccc(-c2n[nH]c(CNC(=O)C(C)N3C(=O)NC4(CCCC4)C3=O)n2)cc1. The molecule has 30 heavy (non-hydrogen) atoms. The molecule has 1 aliphatic heterocycles. The minimum Gasteiger partial charge on any atom is -0.497 e. The van der Waals surface area contributed by atoms with E-state index in [0.717, 1.165) is 29.1 Å². The Morgan fingerprint density at radius 3 is 2.63 bits per heavy atom. The average Bonchev–Trinajstić information content (AvgIpc) is 3.47. The Balaban J connectivity index is 1.37. The average molecular weight is 412 g/mol. The van der Waals surface area contributed by atoms with Crippen LogP contribution >= 0.6 is 0 Å². The molecule has 0 bridgehead atoms. The molecule has 1 unspecified atom stereocenters. The first-order valence-corrected chi connectivity index (χ1v) is 9.93. The fourth-order valence-corrected chi connectivity index (χ4v) is 3.99. The Hall–Kier alpha value is -3.43. The van der Waals surface area contributed by atoms with E-state index < -0.39 is 23.5 Å². The second kappa shape index (κ2) is 7.77. The molecular weight excluding hydrogens is 388 g/mol. The van der Waals surface area contributed by atoms with Crippen molar-refractivity contribution in [1.29, 1.82) is 0 Å². The third-order valence-electron chi connectivity index (χ3n) is 5.73. The van der Waals surface area contributed by atoms with Crippen molar-refractivity contribution in [1.82, 2.24) is 30.7 Å². The smallest absolute Gasteiger partial charge is 0.325 e. The summed E-state index contributed by atoms with van der Waals surface area (Å²) < 4.78 is 5.13. The number of carbonyl (C=O) groups excluding carboxylic acids is 3. The molecular formula is C20H24N6O4. The molecule has 10 nitrogen and oxygen atoms in total. The van der Waals surface area contributed by atoms with Gasteiger partial charge in [0, 0.05) is 5.56 Å². The molecule has 1 aromatic heterocycles. The number of amides is 4. The summed E-state index contributed by atoms with van der Waals surface area (Å²) >= 11 is 0. The largest absolute Gasteiger partial charge is 0.497 e. The van der Waals surface area contributed by atoms with Gasteiger partial charge in [0.2, 0.25) is 5.91 Å². The number of imide groups is 1. The Morgan fingerprint density at radius 2 is 1.97 bits per heavy atom. The summed E-state index contributed by atoms with van der Waals surface area (Å²) in [7, 11) is 1.59. The van der Waals surface area contributed by atoms with Crippen molar-refractivity contribution in [2.75, 3.05) is 7.11 Å². The number of H-pyrrole nitrogens is 1. The van der Waals surface area contributed by atoms with Crippen LogP contribution in [0.4, 0.5) is 4.79 Å². The van der Waals surface area contributed by atoms with Crippen LogP contribution in [-0.4, -0.2) is 56.6 Å². The van der Waals surface area contributed by atoms with Crippen LogP contribution in [0.25, 0.3) is 11.4 Å². The summed E-state index contributed by atoms with van der Waals surface area (Å²) in [6, 6.07) is 5.87. The molecule has 0 radical (unpaired) electrons. The second-order valence-electron chi connectivity index (χ2n) is 7.62. The molecule has 1 aliphatic carbocycles. The summed E-state index contributed by atoms with van der Waals surface area (Å²) in [6.45, 7) is 1.64. The third kappa shape index (κ3) is 3.49. The maximum Gasteiger partial charge on any atom is 0.325 e. The number of aromatic amines is 1. The minimum atomic E-state index is -0.915. The third-order valence-corrected chi connectivity index (χ3v) is 5.73. The number of methoxy groups -OCH3 is 1. The number of hydrogen-bond donors (Lipinski definition) is 3. The molecule has 1 saturated carbocycles. The summed E-state index contributed by atoms with van der Waals surface area (Å²) in [5, 5.41) is 12.4. The van der Waals surface area contributed by atoms with Gasteiger partial charge in [-0.15, -0.1) is 0 Å². The van der Waals surface area contributed by atoms with Crippen molar-refractivity contribution in [2.24, 2.45) is 0 Å². The highest BCUT2D eigenvalue weighted by Gasteiger charge is 2.54. The molecule has 1 spiro atoms.